The molecule has 5 nitrogen and oxygen atoms in total. The summed E-state index contributed by atoms with van der Waals surface area (Å²) < 4.78 is 0. The first-order valence-corrected chi connectivity index (χ1v) is 10.00. The Morgan fingerprint density at radius 3 is 2.92 bits per heavy atom. The van der Waals surface area contributed by atoms with Crippen LogP contribution in [0.3, 0.4) is 0 Å². The number of carbonyl (C=O) groups is 1. The molecule has 0 radical (unpaired) electrons. The van der Waals surface area contributed by atoms with Crippen LogP contribution in [0, 0.1) is 23.2 Å². The van der Waals surface area contributed by atoms with E-state index >= 15 is 0 Å². The fourth-order valence-corrected chi connectivity index (χ4v) is 4.09. The van der Waals surface area contributed by atoms with Crippen LogP contribution in [0.25, 0.3) is 0 Å². The number of aliphatic hydroxyl groups excluding tert-OH is 1. The topological polar surface area (TPSA) is 78.8 Å². The lowest BCUT2D eigenvalue weighted by atomic mass is 9.80. The lowest BCUT2D eigenvalue weighted by Crippen LogP contribution is -2.27. The minimum atomic E-state index is -0.852. The van der Waals surface area contributed by atoms with Gasteiger partial charge in [-0.2, -0.15) is 0 Å². The standard InChI is InChI=1S/C21H35NO4/c1-4-5-11-21(2,3)19(23)9-8-15-6-7-16-13-17(14-18(15)16)22-26-12-10-20(24)25/h8-9,14-16,18-19,22-23H,4-7,10-13H2,1-3H3,(H,24,25)/t15-,16+,18-,19?/m0/s1. The molecule has 5 heteroatoms. The van der Waals surface area contributed by atoms with E-state index in [-0.39, 0.29) is 18.4 Å². The van der Waals surface area contributed by atoms with Crippen molar-refractivity contribution < 1.29 is 19.8 Å². The predicted octanol–water partition coefficient (Wildman–Crippen LogP) is 4.05. The molecule has 2 aliphatic carbocycles. The van der Waals surface area contributed by atoms with Gasteiger partial charge in [0, 0.05) is 5.70 Å². The molecular weight excluding hydrogens is 330 g/mol. The Bertz CT molecular complexity index is 526. The third-order valence-corrected chi connectivity index (χ3v) is 5.92. The molecule has 0 heterocycles. The number of unbranched alkanes of at least 4 members (excludes halogenated alkanes) is 1. The Morgan fingerprint density at radius 2 is 2.23 bits per heavy atom. The number of fused-ring (bicyclic) bond motifs is 1. The maximum atomic E-state index is 10.6. The Kier molecular flexibility index (Phi) is 7.71. The number of aliphatic carboxylic acids is 1. The number of rotatable bonds is 11. The summed E-state index contributed by atoms with van der Waals surface area (Å²) in [5, 5.41) is 19.2. The van der Waals surface area contributed by atoms with Crippen molar-refractivity contribution in [2.75, 3.05) is 6.61 Å². The highest BCUT2D eigenvalue weighted by Gasteiger charge is 2.38. The van der Waals surface area contributed by atoms with Gasteiger partial charge in [-0.3, -0.25) is 15.1 Å². The van der Waals surface area contributed by atoms with E-state index in [1.807, 2.05) is 6.08 Å². The first-order valence-electron chi connectivity index (χ1n) is 10.00. The Labute approximate surface area is 157 Å². The summed E-state index contributed by atoms with van der Waals surface area (Å²) in [5.74, 6) is 0.730. The lowest BCUT2D eigenvalue weighted by molar-refractivity contribution is -0.138. The largest absolute Gasteiger partial charge is 0.481 e. The quantitative estimate of drug-likeness (QED) is 0.292. The van der Waals surface area contributed by atoms with Gasteiger partial charge in [0.05, 0.1) is 19.1 Å². The molecule has 0 aliphatic heterocycles. The van der Waals surface area contributed by atoms with E-state index in [1.165, 1.54) is 6.42 Å². The van der Waals surface area contributed by atoms with Crippen molar-refractivity contribution in [2.24, 2.45) is 23.2 Å². The maximum absolute atomic E-state index is 10.6. The molecule has 0 saturated heterocycles. The van der Waals surface area contributed by atoms with Crippen LogP contribution in [0.4, 0.5) is 0 Å². The maximum Gasteiger partial charge on any atom is 0.305 e. The average Bonchev–Trinajstić information content (AvgIpc) is 3.15. The second kappa shape index (κ2) is 9.56. The molecule has 4 atom stereocenters. The number of aliphatic hydroxyl groups is 1. The number of carboxylic acid groups (broad SMARTS) is 1. The monoisotopic (exact) mass is 365 g/mol. The highest BCUT2D eigenvalue weighted by Crippen LogP contribution is 2.46. The van der Waals surface area contributed by atoms with Gasteiger partial charge in [-0.1, -0.05) is 51.8 Å². The van der Waals surface area contributed by atoms with E-state index in [9.17, 15) is 9.90 Å². The van der Waals surface area contributed by atoms with Crippen molar-refractivity contribution in [3.05, 3.63) is 23.9 Å². The number of hydroxylamine groups is 1. The summed E-state index contributed by atoms with van der Waals surface area (Å²) in [6.07, 6.45) is 12.7. The fraction of sp³-hybridized carbons (Fsp3) is 0.762. The number of nitrogens with one attached hydrogen (secondary N) is 1. The SMILES string of the molecule is CCCCC(C)(C)C(O)C=C[C@@H]1CC[C@@H]2CC(NOCCC(=O)O)=C[C@H]21. The first kappa shape index (κ1) is 21.0. The summed E-state index contributed by atoms with van der Waals surface area (Å²) in [4.78, 5) is 15.8. The molecule has 3 N–H and O–H groups in total. The highest BCUT2D eigenvalue weighted by molar-refractivity contribution is 5.66. The lowest BCUT2D eigenvalue weighted by Gasteiger charge is -2.29. The van der Waals surface area contributed by atoms with Crippen LogP contribution in [-0.2, 0) is 9.63 Å². The van der Waals surface area contributed by atoms with Gasteiger partial charge in [-0.15, -0.1) is 0 Å². The van der Waals surface area contributed by atoms with Gasteiger partial charge in [0.1, 0.15) is 0 Å². The molecule has 26 heavy (non-hydrogen) atoms. The van der Waals surface area contributed by atoms with Crippen LogP contribution in [0.2, 0.25) is 0 Å². The van der Waals surface area contributed by atoms with E-state index < -0.39 is 12.1 Å². The van der Waals surface area contributed by atoms with Gasteiger partial charge in [-0.25, -0.2) is 0 Å². The average molecular weight is 366 g/mol. The minimum Gasteiger partial charge on any atom is -0.481 e. The van der Waals surface area contributed by atoms with E-state index in [4.69, 9.17) is 9.94 Å². The highest BCUT2D eigenvalue weighted by atomic mass is 16.6. The van der Waals surface area contributed by atoms with E-state index in [0.717, 1.165) is 37.8 Å². The Balaban J connectivity index is 1.84. The zero-order valence-electron chi connectivity index (χ0n) is 16.4. The zero-order valence-corrected chi connectivity index (χ0v) is 16.4. The molecule has 1 fully saturated rings. The molecule has 2 aliphatic rings. The molecule has 0 amide bonds. The van der Waals surface area contributed by atoms with Gasteiger partial charge in [0.2, 0.25) is 0 Å². The molecule has 1 unspecified atom stereocenters. The Hall–Kier alpha value is -1.33. The van der Waals surface area contributed by atoms with E-state index in [1.54, 1.807) is 0 Å². The van der Waals surface area contributed by atoms with Crippen molar-refractivity contribution in [3.8, 4) is 0 Å². The molecule has 2 rings (SSSR count). The molecule has 0 aromatic carbocycles. The fourth-order valence-electron chi connectivity index (χ4n) is 4.09. The molecule has 148 valence electrons. The van der Waals surface area contributed by atoms with Crippen LogP contribution in [0.1, 0.15) is 65.7 Å². The number of carboxylic acids is 1. The summed E-state index contributed by atoms with van der Waals surface area (Å²) in [7, 11) is 0. The van der Waals surface area contributed by atoms with Gasteiger partial charge in [-0.05, 0) is 48.9 Å². The second-order valence-corrected chi connectivity index (χ2v) is 8.49. The van der Waals surface area contributed by atoms with Gasteiger partial charge in [0.25, 0.3) is 0 Å². The Morgan fingerprint density at radius 1 is 1.46 bits per heavy atom. The minimum absolute atomic E-state index is 0.00417. The van der Waals surface area contributed by atoms with E-state index in [0.29, 0.717) is 17.8 Å². The molecular formula is C21H35NO4. The number of hydrogen-bond donors (Lipinski definition) is 3. The third kappa shape index (κ3) is 5.85. The molecule has 0 spiro atoms. The van der Waals surface area contributed by atoms with Crippen LogP contribution < -0.4 is 5.48 Å². The van der Waals surface area contributed by atoms with Crippen LogP contribution in [-0.4, -0.2) is 28.9 Å². The molecule has 0 aromatic heterocycles. The molecule has 1 saturated carbocycles. The van der Waals surface area contributed by atoms with Crippen molar-refractivity contribution in [2.45, 2.75) is 71.8 Å². The summed E-state index contributed by atoms with van der Waals surface area (Å²) >= 11 is 0. The smallest absolute Gasteiger partial charge is 0.305 e. The molecule has 0 aromatic rings. The van der Waals surface area contributed by atoms with Crippen LogP contribution in [0.5, 0.6) is 0 Å². The summed E-state index contributed by atoms with van der Waals surface area (Å²) in [6.45, 7) is 6.63. The molecule has 0 bridgehead atoms. The van der Waals surface area contributed by atoms with Gasteiger partial charge in [0.15, 0.2) is 0 Å². The van der Waals surface area contributed by atoms with Crippen molar-refractivity contribution in [1.82, 2.24) is 5.48 Å². The van der Waals surface area contributed by atoms with Gasteiger partial charge < -0.3 is 10.2 Å². The third-order valence-electron chi connectivity index (χ3n) is 5.92. The zero-order chi connectivity index (χ0) is 19.2. The number of hydrogen-bond acceptors (Lipinski definition) is 4. The normalized spacial score (nSPS) is 26.8. The van der Waals surface area contributed by atoms with Crippen LogP contribution in [0.15, 0.2) is 23.9 Å². The first-order chi connectivity index (χ1) is 12.3. The predicted molar refractivity (Wildman–Crippen MR) is 102 cm³/mol. The summed E-state index contributed by atoms with van der Waals surface area (Å²) in [5.41, 5.74) is 3.90. The number of allylic oxidation sites excluding steroid dienone is 3. The van der Waals surface area contributed by atoms with Crippen LogP contribution >= 0.6 is 0 Å². The van der Waals surface area contributed by atoms with Gasteiger partial charge >= 0.3 is 5.97 Å². The summed E-state index contributed by atoms with van der Waals surface area (Å²) in [6, 6.07) is 0. The van der Waals surface area contributed by atoms with Crippen molar-refractivity contribution >= 4 is 5.97 Å². The second-order valence-electron chi connectivity index (χ2n) is 8.49. The van der Waals surface area contributed by atoms with Crippen molar-refractivity contribution in [1.29, 1.82) is 0 Å². The van der Waals surface area contributed by atoms with E-state index in [2.05, 4.69) is 38.4 Å². The van der Waals surface area contributed by atoms with Crippen molar-refractivity contribution in [3.63, 3.8) is 0 Å².